The fourth-order valence-electron chi connectivity index (χ4n) is 1.89. The van der Waals surface area contributed by atoms with Gasteiger partial charge in [-0.2, -0.15) is 0 Å². The first-order valence-corrected chi connectivity index (χ1v) is 6.57. The molecule has 1 N–H and O–H groups in total. The summed E-state index contributed by atoms with van der Waals surface area (Å²) in [5.41, 5.74) is 3.94. The van der Waals surface area contributed by atoms with Gasteiger partial charge in [0.25, 0.3) is 0 Å². The smallest absolute Gasteiger partial charge is 0.0637 e. The highest BCUT2D eigenvalue weighted by Gasteiger charge is 2.08. The molecule has 0 radical (unpaired) electrons. The molecule has 1 aromatic carbocycles. The Morgan fingerprint density at radius 3 is 2.67 bits per heavy atom. The summed E-state index contributed by atoms with van der Waals surface area (Å²) < 4.78 is 5.14. The number of methoxy groups -OCH3 is 1. The lowest BCUT2D eigenvalue weighted by Crippen LogP contribution is -2.26. The monoisotopic (exact) mass is 250 g/mol. The Bertz CT molecular complexity index is 364. The lowest BCUT2D eigenvalue weighted by Gasteiger charge is -2.23. The number of ether oxygens (including phenoxy) is 1. The summed E-state index contributed by atoms with van der Waals surface area (Å²) in [7, 11) is 3.85. The van der Waals surface area contributed by atoms with Gasteiger partial charge in [-0.1, -0.05) is 31.5 Å². The van der Waals surface area contributed by atoms with E-state index in [0.29, 0.717) is 6.04 Å². The first-order valence-electron chi connectivity index (χ1n) is 6.57. The Morgan fingerprint density at radius 2 is 2.06 bits per heavy atom. The second-order valence-corrected chi connectivity index (χ2v) is 5.08. The van der Waals surface area contributed by atoms with Crippen molar-refractivity contribution in [3.63, 3.8) is 0 Å². The van der Waals surface area contributed by atoms with Crippen molar-refractivity contribution >= 4 is 5.69 Å². The van der Waals surface area contributed by atoms with Crippen molar-refractivity contribution in [3.05, 3.63) is 29.3 Å². The largest absolute Gasteiger partial charge is 0.383 e. The summed E-state index contributed by atoms with van der Waals surface area (Å²) in [6.45, 7) is 9.05. The third-order valence-corrected chi connectivity index (χ3v) is 2.98. The van der Waals surface area contributed by atoms with E-state index in [9.17, 15) is 0 Å². The third-order valence-electron chi connectivity index (χ3n) is 2.98. The molecule has 0 aromatic heterocycles. The molecule has 102 valence electrons. The van der Waals surface area contributed by atoms with Crippen LogP contribution in [0.15, 0.2) is 18.2 Å². The van der Waals surface area contributed by atoms with Crippen LogP contribution < -0.4 is 10.2 Å². The summed E-state index contributed by atoms with van der Waals surface area (Å²) in [6.07, 6.45) is 0. The van der Waals surface area contributed by atoms with Gasteiger partial charge in [-0.05, 0) is 18.6 Å². The molecule has 0 amide bonds. The van der Waals surface area contributed by atoms with E-state index in [-0.39, 0.29) is 0 Å². The quantitative estimate of drug-likeness (QED) is 0.805. The van der Waals surface area contributed by atoms with Crippen molar-refractivity contribution in [2.75, 3.05) is 32.2 Å². The Labute approximate surface area is 111 Å². The molecule has 0 bridgehead atoms. The molecule has 1 aromatic rings. The lowest BCUT2D eigenvalue weighted by molar-refractivity contribution is 0.206. The van der Waals surface area contributed by atoms with Crippen LogP contribution in [0.4, 0.5) is 5.69 Å². The summed E-state index contributed by atoms with van der Waals surface area (Å²) in [5, 5.41) is 3.48. The zero-order chi connectivity index (χ0) is 13.5. The van der Waals surface area contributed by atoms with Crippen LogP contribution in [-0.2, 0) is 11.3 Å². The molecule has 0 atom stereocenters. The minimum absolute atomic E-state index is 0.502. The molecule has 3 heteroatoms. The standard InChI is InChI=1S/C15H26N2O/c1-12(2)16-11-14-10-13(3)6-7-15(14)17(4)8-9-18-5/h6-7,10,12,16H,8-9,11H2,1-5H3. The molecule has 0 unspecified atom stereocenters. The van der Waals surface area contributed by atoms with Gasteiger partial charge in [0, 0.05) is 39.0 Å². The van der Waals surface area contributed by atoms with Gasteiger partial charge >= 0.3 is 0 Å². The Kier molecular flexibility index (Phi) is 6.16. The summed E-state index contributed by atoms with van der Waals surface area (Å²) in [5.74, 6) is 0. The van der Waals surface area contributed by atoms with Gasteiger partial charge < -0.3 is 15.0 Å². The number of aryl methyl sites for hydroxylation is 1. The number of nitrogens with zero attached hydrogens (tertiary/aromatic N) is 1. The van der Waals surface area contributed by atoms with E-state index in [4.69, 9.17) is 4.74 Å². The molecule has 1 rings (SSSR count). The van der Waals surface area contributed by atoms with Gasteiger partial charge in [-0.15, -0.1) is 0 Å². The SMILES string of the molecule is COCCN(C)c1ccc(C)cc1CNC(C)C. The van der Waals surface area contributed by atoms with E-state index in [0.717, 1.165) is 19.7 Å². The van der Waals surface area contributed by atoms with Crippen molar-refractivity contribution in [2.24, 2.45) is 0 Å². The number of hydrogen-bond donors (Lipinski definition) is 1. The number of benzene rings is 1. The molecule has 0 aliphatic carbocycles. The first-order chi connectivity index (χ1) is 8.54. The Hall–Kier alpha value is -1.06. The molecule has 18 heavy (non-hydrogen) atoms. The number of anilines is 1. The summed E-state index contributed by atoms with van der Waals surface area (Å²) in [4.78, 5) is 2.25. The highest BCUT2D eigenvalue weighted by Crippen LogP contribution is 2.21. The fourth-order valence-corrected chi connectivity index (χ4v) is 1.89. The van der Waals surface area contributed by atoms with E-state index in [1.54, 1.807) is 7.11 Å². The minimum Gasteiger partial charge on any atom is -0.383 e. The van der Waals surface area contributed by atoms with Gasteiger partial charge in [0.05, 0.1) is 6.61 Å². The predicted octanol–water partition coefficient (Wildman–Crippen LogP) is 2.58. The number of hydrogen-bond acceptors (Lipinski definition) is 3. The topological polar surface area (TPSA) is 24.5 Å². The molecule has 0 saturated carbocycles. The second kappa shape index (κ2) is 7.39. The van der Waals surface area contributed by atoms with E-state index >= 15 is 0 Å². The normalized spacial score (nSPS) is 11.0. The van der Waals surface area contributed by atoms with Gasteiger partial charge in [0.2, 0.25) is 0 Å². The van der Waals surface area contributed by atoms with Crippen molar-refractivity contribution in [1.82, 2.24) is 5.32 Å². The van der Waals surface area contributed by atoms with E-state index in [1.165, 1.54) is 16.8 Å². The second-order valence-electron chi connectivity index (χ2n) is 5.08. The van der Waals surface area contributed by atoms with Crippen LogP contribution in [0.5, 0.6) is 0 Å². The van der Waals surface area contributed by atoms with E-state index < -0.39 is 0 Å². The highest BCUT2D eigenvalue weighted by atomic mass is 16.5. The van der Waals surface area contributed by atoms with Crippen LogP contribution >= 0.6 is 0 Å². The molecule has 0 aliphatic heterocycles. The highest BCUT2D eigenvalue weighted by molar-refractivity contribution is 5.54. The van der Waals surface area contributed by atoms with Crippen LogP contribution in [0.2, 0.25) is 0 Å². The lowest BCUT2D eigenvalue weighted by atomic mass is 10.1. The third kappa shape index (κ3) is 4.67. The van der Waals surface area contributed by atoms with Crippen LogP contribution in [-0.4, -0.2) is 33.4 Å². The maximum atomic E-state index is 5.14. The number of likely N-dealkylation sites (N-methyl/N-ethyl adjacent to an activating group) is 1. The van der Waals surface area contributed by atoms with Crippen LogP contribution in [0.25, 0.3) is 0 Å². The average molecular weight is 250 g/mol. The van der Waals surface area contributed by atoms with Gasteiger partial charge in [-0.25, -0.2) is 0 Å². The molecular weight excluding hydrogens is 224 g/mol. The maximum absolute atomic E-state index is 5.14. The number of rotatable bonds is 7. The molecule has 0 heterocycles. The van der Waals surface area contributed by atoms with E-state index in [1.807, 2.05) is 0 Å². The molecular formula is C15H26N2O. The van der Waals surface area contributed by atoms with Crippen LogP contribution in [0, 0.1) is 6.92 Å². The van der Waals surface area contributed by atoms with Crippen molar-refractivity contribution < 1.29 is 4.74 Å². The summed E-state index contributed by atoms with van der Waals surface area (Å²) >= 11 is 0. The Balaban J connectivity index is 2.81. The molecule has 0 fully saturated rings. The number of nitrogens with one attached hydrogen (secondary N) is 1. The molecule has 0 aliphatic rings. The van der Waals surface area contributed by atoms with Crippen molar-refractivity contribution in [2.45, 2.75) is 33.4 Å². The van der Waals surface area contributed by atoms with Gasteiger partial charge in [0.15, 0.2) is 0 Å². The van der Waals surface area contributed by atoms with Crippen LogP contribution in [0.3, 0.4) is 0 Å². The van der Waals surface area contributed by atoms with Crippen molar-refractivity contribution in [1.29, 1.82) is 0 Å². The van der Waals surface area contributed by atoms with Crippen molar-refractivity contribution in [3.8, 4) is 0 Å². The zero-order valence-corrected chi connectivity index (χ0v) is 12.3. The zero-order valence-electron chi connectivity index (χ0n) is 12.3. The molecule has 3 nitrogen and oxygen atoms in total. The average Bonchev–Trinajstić information content (AvgIpc) is 2.33. The predicted molar refractivity (Wildman–Crippen MR) is 78.3 cm³/mol. The van der Waals surface area contributed by atoms with Gasteiger partial charge in [0.1, 0.15) is 0 Å². The Morgan fingerprint density at radius 1 is 1.33 bits per heavy atom. The molecule has 0 saturated heterocycles. The van der Waals surface area contributed by atoms with Gasteiger partial charge in [-0.3, -0.25) is 0 Å². The van der Waals surface area contributed by atoms with E-state index in [2.05, 4.69) is 56.2 Å². The van der Waals surface area contributed by atoms with Crippen LogP contribution in [0.1, 0.15) is 25.0 Å². The molecule has 0 spiro atoms. The fraction of sp³-hybridized carbons (Fsp3) is 0.600. The minimum atomic E-state index is 0.502. The maximum Gasteiger partial charge on any atom is 0.0637 e. The first kappa shape index (κ1) is 15.0. The summed E-state index contributed by atoms with van der Waals surface area (Å²) in [6, 6.07) is 7.12.